The number of aromatic carboxylic acids is 1. The van der Waals surface area contributed by atoms with E-state index in [1.165, 1.54) is 11.8 Å². The van der Waals surface area contributed by atoms with Crippen LogP contribution >= 0.6 is 0 Å². The number of aromatic nitrogens is 2. The fraction of sp³-hybridized carbons (Fsp3) is 0.278. The van der Waals surface area contributed by atoms with Crippen molar-refractivity contribution < 1.29 is 9.90 Å². The average Bonchev–Trinajstić information content (AvgIpc) is 3.01. The first-order chi connectivity index (χ1) is 11.2. The van der Waals surface area contributed by atoms with Crippen LogP contribution in [0.4, 0.5) is 0 Å². The summed E-state index contributed by atoms with van der Waals surface area (Å²) in [7, 11) is 0. The Kier molecular flexibility index (Phi) is 4.78. The molecule has 118 valence electrons. The number of likely N-dealkylation sites (tertiary alicyclic amines) is 1. The predicted octanol–water partition coefficient (Wildman–Crippen LogP) is 2.85. The Bertz CT molecular complexity index is 683. The van der Waals surface area contributed by atoms with Crippen LogP contribution < -0.4 is 0 Å². The van der Waals surface area contributed by atoms with Crippen molar-refractivity contribution >= 4 is 12.0 Å². The summed E-state index contributed by atoms with van der Waals surface area (Å²) in [5.74, 6) is -1.05. The van der Waals surface area contributed by atoms with Crippen LogP contribution in [0.3, 0.4) is 0 Å². The maximum Gasteiger partial charge on any atom is 0.356 e. The zero-order valence-electron chi connectivity index (χ0n) is 12.8. The normalized spacial score (nSPS) is 18.5. The third-order valence-electron chi connectivity index (χ3n) is 4.01. The van der Waals surface area contributed by atoms with E-state index >= 15 is 0 Å². The summed E-state index contributed by atoms with van der Waals surface area (Å²) in [6.45, 7) is 1.71. The second-order valence-corrected chi connectivity index (χ2v) is 5.65. The van der Waals surface area contributed by atoms with Gasteiger partial charge in [-0.1, -0.05) is 42.5 Å². The lowest BCUT2D eigenvalue weighted by atomic mass is 10.1. The summed E-state index contributed by atoms with van der Waals surface area (Å²) in [6.07, 6.45) is 9.56. The Balaban J connectivity index is 1.65. The molecule has 1 unspecified atom stereocenters. The highest BCUT2D eigenvalue weighted by Crippen LogP contribution is 2.21. The van der Waals surface area contributed by atoms with Gasteiger partial charge in [-0.3, -0.25) is 9.88 Å². The summed E-state index contributed by atoms with van der Waals surface area (Å²) in [5, 5.41) is 8.86. The predicted molar refractivity (Wildman–Crippen MR) is 87.9 cm³/mol. The number of carboxylic acids is 1. The molecule has 0 amide bonds. The van der Waals surface area contributed by atoms with Gasteiger partial charge in [0.25, 0.3) is 0 Å². The molecule has 1 atom stereocenters. The lowest BCUT2D eigenvalue weighted by Crippen LogP contribution is -2.27. The van der Waals surface area contributed by atoms with E-state index in [2.05, 4.69) is 39.2 Å². The Morgan fingerprint density at radius 3 is 2.78 bits per heavy atom. The lowest BCUT2D eigenvalue weighted by molar-refractivity contribution is 0.0690. The first kappa shape index (κ1) is 15.4. The molecule has 1 aromatic heterocycles. The van der Waals surface area contributed by atoms with Crippen LogP contribution in [0.1, 0.15) is 34.6 Å². The SMILES string of the molecule is O=C(O)c1cnc(CN2CCCC2C=Cc2ccccc2)cn1. The van der Waals surface area contributed by atoms with Gasteiger partial charge >= 0.3 is 5.97 Å². The van der Waals surface area contributed by atoms with E-state index in [1.54, 1.807) is 6.20 Å². The average molecular weight is 309 g/mol. The molecule has 1 N–H and O–H groups in total. The van der Waals surface area contributed by atoms with Gasteiger partial charge in [0.05, 0.1) is 18.1 Å². The summed E-state index contributed by atoms with van der Waals surface area (Å²) in [6, 6.07) is 10.6. The quantitative estimate of drug-likeness (QED) is 0.920. The monoisotopic (exact) mass is 309 g/mol. The number of carboxylic acid groups (broad SMARTS) is 1. The first-order valence-corrected chi connectivity index (χ1v) is 7.74. The van der Waals surface area contributed by atoms with Crippen molar-refractivity contribution in [1.82, 2.24) is 14.9 Å². The van der Waals surface area contributed by atoms with Gasteiger partial charge in [0, 0.05) is 12.6 Å². The van der Waals surface area contributed by atoms with Crippen molar-refractivity contribution in [2.24, 2.45) is 0 Å². The highest BCUT2D eigenvalue weighted by Gasteiger charge is 2.22. The molecule has 1 aromatic carbocycles. The topological polar surface area (TPSA) is 66.3 Å². The molecule has 0 aliphatic carbocycles. The van der Waals surface area contributed by atoms with Crippen molar-refractivity contribution in [3.8, 4) is 0 Å². The fourth-order valence-corrected chi connectivity index (χ4v) is 2.81. The molecule has 0 radical (unpaired) electrons. The van der Waals surface area contributed by atoms with Crippen molar-refractivity contribution in [2.45, 2.75) is 25.4 Å². The van der Waals surface area contributed by atoms with E-state index in [4.69, 9.17) is 5.11 Å². The van der Waals surface area contributed by atoms with Gasteiger partial charge in [0.1, 0.15) is 0 Å². The minimum atomic E-state index is -1.05. The van der Waals surface area contributed by atoms with Gasteiger partial charge < -0.3 is 5.11 Å². The van der Waals surface area contributed by atoms with Crippen molar-refractivity contribution in [1.29, 1.82) is 0 Å². The number of rotatable bonds is 5. The van der Waals surface area contributed by atoms with Crippen molar-refractivity contribution in [3.63, 3.8) is 0 Å². The zero-order valence-corrected chi connectivity index (χ0v) is 12.8. The molecule has 0 saturated carbocycles. The van der Waals surface area contributed by atoms with E-state index < -0.39 is 5.97 Å². The second kappa shape index (κ2) is 7.15. The van der Waals surface area contributed by atoms with E-state index in [0.29, 0.717) is 12.6 Å². The Morgan fingerprint density at radius 2 is 2.09 bits per heavy atom. The third-order valence-corrected chi connectivity index (χ3v) is 4.01. The summed E-state index contributed by atoms with van der Waals surface area (Å²) >= 11 is 0. The maximum atomic E-state index is 10.8. The fourth-order valence-electron chi connectivity index (χ4n) is 2.81. The van der Waals surface area contributed by atoms with Gasteiger partial charge in [-0.15, -0.1) is 0 Å². The molecule has 2 heterocycles. The molecule has 0 bridgehead atoms. The van der Waals surface area contributed by atoms with Gasteiger partial charge in [-0.25, -0.2) is 9.78 Å². The number of carbonyl (C=O) groups is 1. The van der Waals surface area contributed by atoms with Crippen LogP contribution in [-0.4, -0.2) is 38.5 Å². The molecule has 0 spiro atoms. The number of hydrogen-bond acceptors (Lipinski definition) is 4. The Hall–Kier alpha value is -2.53. The standard InChI is InChI=1S/C18H19N3O2/c22-18(23)17-12-19-15(11-20-17)13-21-10-4-7-16(21)9-8-14-5-2-1-3-6-14/h1-3,5-6,8-9,11-12,16H,4,7,10,13H2,(H,22,23). The van der Waals surface area contributed by atoms with Gasteiger partial charge in [-0.05, 0) is 24.9 Å². The van der Waals surface area contributed by atoms with E-state index in [-0.39, 0.29) is 5.69 Å². The number of benzene rings is 1. The first-order valence-electron chi connectivity index (χ1n) is 7.74. The third kappa shape index (κ3) is 4.02. The molecule has 5 heteroatoms. The van der Waals surface area contributed by atoms with Crippen molar-refractivity contribution in [3.05, 3.63) is 65.8 Å². The number of hydrogen-bond donors (Lipinski definition) is 1. The lowest BCUT2D eigenvalue weighted by Gasteiger charge is -2.21. The van der Waals surface area contributed by atoms with Gasteiger partial charge in [0.2, 0.25) is 0 Å². The highest BCUT2D eigenvalue weighted by molar-refractivity contribution is 5.84. The maximum absolute atomic E-state index is 10.8. The van der Waals surface area contributed by atoms with Crippen LogP contribution in [0.15, 0.2) is 48.8 Å². The van der Waals surface area contributed by atoms with E-state index in [0.717, 1.165) is 25.1 Å². The summed E-state index contributed by atoms with van der Waals surface area (Å²) in [4.78, 5) is 21.3. The molecule has 3 rings (SSSR count). The van der Waals surface area contributed by atoms with Crippen LogP contribution in [-0.2, 0) is 6.54 Å². The summed E-state index contributed by atoms with van der Waals surface area (Å²) in [5.41, 5.74) is 1.98. The van der Waals surface area contributed by atoms with Crippen molar-refractivity contribution in [2.75, 3.05) is 6.54 Å². The largest absolute Gasteiger partial charge is 0.476 e. The van der Waals surface area contributed by atoms with Crippen LogP contribution in [0.25, 0.3) is 6.08 Å². The molecule has 5 nitrogen and oxygen atoms in total. The van der Waals surface area contributed by atoms with Gasteiger partial charge in [-0.2, -0.15) is 0 Å². The Labute approximate surface area is 135 Å². The van der Waals surface area contributed by atoms with E-state index in [9.17, 15) is 4.79 Å². The smallest absolute Gasteiger partial charge is 0.356 e. The van der Waals surface area contributed by atoms with Gasteiger partial charge in [0.15, 0.2) is 5.69 Å². The molecule has 2 aromatic rings. The molecular formula is C18H19N3O2. The molecule has 1 saturated heterocycles. The minimum absolute atomic E-state index is 0.0179. The molecule has 1 aliphatic rings. The van der Waals surface area contributed by atoms with Crippen LogP contribution in [0, 0.1) is 0 Å². The Morgan fingerprint density at radius 1 is 1.26 bits per heavy atom. The second-order valence-electron chi connectivity index (χ2n) is 5.65. The van der Waals surface area contributed by atoms with E-state index in [1.807, 2.05) is 18.2 Å². The molecule has 1 aliphatic heterocycles. The molecule has 23 heavy (non-hydrogen) atoms. The molecule has 1 fully saturated rings. The highest BCUT2D eigenvalue weighted by atomic mass is 16.4. The van der Waals surface area contributed by atoms with Crippen LogP contribution in [0.5, 0.6) is 0 Å². The minimum Gasteiger partial charge on any atom is -0.476 e. The zero-order chi connectivity index (χ0) is 16.1. The summed E-state index contributed by atoms with van der Waals surface area (Å²) < 4.78 is 0. The molecular weight excluding hydrogens is 290 g/mol. The van der Waals surface area contributed by atoms with Crippen LogP contribution in [0.2, 0.25) is 0 Å². The number of nitrogens with zero attached hydrogens (tertiary/aromatic N) is 3.